The summed E-state index contributed by atoms with van der Waals surface area (Å²) in [7, 11) is 0. The lowest BCUT2D eigenvalue weighted by Crippen LogP contribution is -2.40. The molecule has 2 aromatic rings. The maximum Gasteiger partial charge on any atom is 0.223 e. The van der Waals surface area contributed by atoms with Crippen LogP contribution in [0.3, 0.4) is 0 Å². The lowest BCUT2D eigenvalue weighted by Gasteiger charge is -2.31. The number of likely N-dealkylation sites (tertiary alicyclic amines) is 1. The summed E-state index contributed by atoms with van der Waals surface area (Å²) in [5, 5.41) is 3.10. The molecule has 1 aliphatic rings. The molecule has 0 unspecified atom stereocenters. The molecule has 3 rings (SSSR count). The van der Waals surface area contributed by atoms with Crippen molar-refractivity contribution in [3.8, 4) is 0 Å². The molecular weight excluding hydrogens is 371 g/mol. The third kappa shape index (κ3) is 6.35. The molecule has 1 saturated heterocycles. The van der Waals surface area contributed by atoms with Crippen LogP contribution in [0.4, 0.5) is 4.39 Å². The minimum absolute atomic E-state index is 0.117. The number of benzene rings is 2. The highest BCUT2D eigenvalue weighted by molar-refractivity contribution is 7.98. The molecule has 5 heteroatoms. The first-order valence-electron chi connectivity index (χ1n) is 9.98. The maximum atomic E-state index is 13.0. The van der Waals surface area contributed by atoms with Gasteiger partial charge in [0.2, 0.25) is 5.91 Å². The number of amides is 1. The van der Waals surface area contributed by atoms with Gasteiger partial charge in [0, 0.05) is 30.5 Å². The van der Waals surface area contributed by atoms with E-state index in [1.807, 2.05) is 23.9 Å². The van der Waals surface area contributed by atoms with Crippen molar-refractivity contribution < 1.29 is 9.18 Å². The number of halogens is 1. The topological polar surface area (TPSA) is 32.3 Å². The van der Waals surface area contributed by atoms with Crippen LogP contribution >= 0.6 is 11.8 Å². The maximum absolute atomic E-state index is 13.0. The van der Waals surface area contributed by atoms with Gasteiger partial charge < -0.3 is 5.32 Å². The zero-order chi connectivity index (χ0) is 19.8. The number of carbonyl (C=O) groups excluding carboxylic acids is 1. The van der Waals surface area contributed by atoms with Gasteiger partial charge in [0.05, 0.1) is 0 Å². The number of nitrogens with one attached hydrogen (secondary N) is 1. The third-order valence-corrected chi connectivity index (χ3v) is 6.35. The predicted molar refractivity (Wildman–Crippen MR) is 115 cm³/mol. The standard InChI is InChI=1S/C23H29FN2OS/c1-18-4-2-3-5-21(18)17-28-15-12-25-23(27)20-10-13-26(14-11-20)16-19-6-8-22(24)9-7-19/h2-9,20H,10-17H2,1H3,(H,25,27). The van der Waals surface area contributed by atoms with Gasteiger partial charge in [-0.3, -0.25) is 9.69 Å². The van der Waals surface area contributed by atoms with Gasteiger partial charge in [0.25, 0.3) is 0 Å². The lowest BCUT2D eigenvalue weighted by molar-refractivity contribution is -0.126. The van der Waals surface area contributed by atoms with E-state index >= 15 is 0 Å². The van der Waals surface area contributed by atoms with E-state index in [1.165, 1.54) is 23.3 Å². The van der Waals surface area contributed by atoms with Crippen LogP contribution in [0, 0.1) is 18.7 Å². The van der Waals surface area contributed by atoms with Gasteiger partial charge in [-0.2, -0.15) is 11.8 Å². The van der Waals surface area contributed by atoms with Crippen molar-refractivity contribution in [3.05, 3.63) is 71.0 Å². The molecular formula is C23H29FN2OS. The Bertz CT molecular complexity index is 757. The third-order valence-electron chi connectivity index (χ3n) is 5.34. The van der Waals surface area contributed by atoms with E-state index in [4.69, 9.17) is 0 Å². The Kier molecular flexibility index (Phi) is 7.92. The van der Waals surface area contributed by atoms with Crippen molar-refractivity contribution in [1.29, 1.82) is 0 Å². The molecule has 0 aliphatic carbocycles. The number of nitrogens with zero attached hydrogens (tertiary/aromatic N) is 1. The highest BCUT2D eigenvalue weighted by Gasteiger charge is 2.24. The molecule has 0 saturated carbocycles. The van der Waals surface area contributed by atoms with Crippen LogP contribution in [0.1, 0.15) is 29.5 Å². The molecule has 1 aliphatic heterocycles. The SMILES string of the molecule is Cc1ccccc1CSCCNC(=O)C1CCN(Cc2ccc(F)cc2)CC1. The minimum atomic E-state index is -0.198. The van der Waals surface area contributed by atoms with E-state index in [2.05, 4.69) is 41.4 Å². The van der Waals surface area contributed by atoms with Crippen LogP contribution in [0.15, 0.2) is 48.5 Å². The Morgan fingerprint density at radius 2 is 1.86 bits per heavy atom. The first-order chi connectivity index (χ1) is 13.6. The summed E-state index contributed by atoms with van der Waals surface area (Å²) in [6, 6.07) is 15.1. The Hall–Kier alpha value is -1.85. The van der Waals surface area contributed by atoms with Gasteiger partial charge in [-0.25, -0.2) is 4.39 Å². The fourth-order valence-electron chi connectivity index (χ4n) is 3.55. The average molecular weight is 401 g/mol. The largest absolute Gasteiger partial charge is 0.355 e. The highest BCUT2D eigenvalue weighted by atomic mass is 32.2. The van der Waals surface area contributed by atoms with Gasteiger partial charge in [0.15, 0.2) is 0 Å². The van der Waals surface area contributed by atoms with Crippen molar-refractivity contribution in [1.82, 2.24) is 10.2 Å². The van der Waals surface area contributed by atoms with E-state index in [0.29, 0.717) is 0 Å². The van der Waals surface area contributed by atoms with Crippen LogP contribution in [-0.4, -0.2) is 36.2 Å². The Morgan fingerprint density at radius 1 is 1.14 bits per heavy atom. The summed E-state index contributed by atoms with van der Waals surface area (Å²) in [6.45, 7) is 5.52. The molecule has 0 radical (unpaired) electrons. The van der Waals surface area contributed by atoms with Gasteiger partial charge >= 0.3 is 0 Å². The van der Waals surface area contributed by atoms with Crippen molar-refractivity contribution in [2.75, 3.05) is 25.4 Å². The second-order valence-electron chi connectivity index (χ2n) is 7.45. The molecule has 0 bridgehead atoms. The molecule has 3 nitrogen and oxygen atoms in total. The van der Waals surface area contributed by atoms with Gasteiger partial charge in [-0.15, -0.1) is 0 Å². The fourth-order valence-corrected chi connectivity index (χ4v) is 4.48. The first kappa shape index (κ1) is 20.9. The number of piperidine rings is 1. The normalized spacial score (nSPS) is 15.5. The van der Waals surface area contributed by atoms with Crippen LogP contribution in [0.25, 0.3) is 0 Å². The number of rotatable bonds is 8. The smallest absolute Gasteiger partial charge is 0.223 e. The van der Waals surface area contributed by atoms with Gasteiger partial charge in [0.1, 0.15) is 5.82 Å². The molecule has 2 aromatic carbocycles. The van der Waals surface area contributed by atoms with E-state index in [-0.39, 0.29) is 17.6 Å². The quantitative estimate of drug-likeness (QED) is 0.667. The molecule has 0 aromatic heterocycles. The van der Waals surface area contributed by atoms with Gasteiger partial charge in [-0.05, 0) is 61.7 Å². The second-order valence-corrected chi connectivity index (χ2v) is 8.55. The van der Waals surface area contributed by atoms with E-state index < -0.39 is 0 Å². The van der Waals surface area contributed by atoms with Crippen LogP contribution < -0.4 is 5.32 Å². The monoisotopic (exact) mass is 400 g/mol. The van der Waals surface area contributed by atoms with Crippen molar-refractivity contribution in [2.24, 2.45) is 5.92 Å². The van der Waals surface area contributed by atoms with Crippen molar-refractivity contribution in [2.45, 2.75) is 32.1 Å². The van der Waals surface area contributed by atoms with Crippen molar-refractivity contribution in [3.63, 3.8) is 0 Å². The molecule has 1 amide bonds. The second kappa shape index (κ2) is 10.6. The molecule has 1 N–H and O–H groups in total. The number of thioether (sulfide) groups is 1. The van der Waals surface area contributed by atoms with Crippen LogP contribution in [0.5, 0.6) is 0 Å². The number of aryl methyl sites for hydroxylation is 1. The van der Waals surface area contributed by atoms with Crippen LogP contribution in [0.2, 0.25) is 0 Å². The van der Waals surface area contributed by atoms with E-state index in [9.17, 15) is 9.18 Å². The molecule has 28 heavy (non-hydrogen) atoms. The highest BCUT2D eigenvalue weighted by Crippen LogP contribution is 2.20. The molecule has 1 fully saturated rings. The molecule has 0 spiro atoms. The molecule has 150 valence electrons. The van der Waals surface area contributed by atoms with Gasteiger partial charge in [-0.1, -0.05) is 36.4 Å². The van der Waals surface area contributed by atoms with E-state index in [1.54, 1.807) is 0 Å². The zero-order valence-corrected chi connectivity index (χ0v) is 17.3. The summed E-state index contributed by atoms with van der Waals surface area (Å²) in [5.41, 5.74) is 3.81. The van der Waals surface area contributed by atoms with E-state index in [0.717, 1.165) is 56.1 Å². The summed E-state index contributed by atoms with van der Waals surface area (Å²) in [6.07, 6.45) is 1.78. The summed E-state index contributed by atoms with van der Waals surface area (Å²) in [4.78, 5) is 14.7. The average Bonchev–Trinajstić information content (AvgIpc) is 2.71. The lowest BCUT2D eigenvalue weighted by atomic mass is 9.95. The molecule has 0 atom stereocenters. The fraction of sp³-hybridized carbons (Fsp3) is 0.435. The minimum Gasteiger partial charge on any atom is -0.355 e. The number of hydrogen-bond donors (Lipinski definition) is 1. The summed E-state index contributed by atoms with van der Waals surface area (Å²) in [5.74, 6) is 2.04. The number of hydrogen-bond acceptors (Lipinski definition) is 3. The Labute approximate surface area is 171 Å². The summed E-state index contributed by atoms with van der Waals surface area (Å²) < 4.78 is 13.0. The summed E-state index contributed by atoms with van der Waals surface area (Å²) >= 11 is 1.86. The van der Waals surface area contributed by atoms with Crippen LogP contribution in [-0.2, 0) is 17.1 Å². The Morgan fingerprint density at radius 3 is 2.57 bits per heavy atom. The first-order valence-corrected chi connectivity index (χ1v) is 11.1. The number of carbonyl (C=O) groups is 1. The Balaban J connectivity index is 1.30. The zero-order valence-electron chi connectivity index (χ0n) is 16.5. The van der Waals surface area contributed by atoms with Crippen molar-refractivity contribution >= 4 is 17.7 Å². The molecule has 1 heterocycles. The predicted octanol–water partition coefficient (Wildman–Crippen LogP) is 4.40.